The molecule has 2 heterocycles. The van der Waals surface area contributed by atoms with E-state index in [2.05, 4.69) is 34.0 Å². The van der Waals surface area contributed by atoms with Crippen LogP contribution in [0.25, 0.3) is 21.3 Å². The molecule has 6 heteroatoms. The summed E-state index contributed by atoms with van der Waals surface area (Å²) >= 11 is 3.18. The summed E-state index contributed by atoms with van der Waals surface area (Å²) in [4.78, 5) is 12.5. The predicted octanol–water partition coefficient (Wildman–Crippen LogP) is 4.21. The largest absolute Gasteiger partial charge is 0.399 e. The third-order valence-corrected chi connectivity index (χ3v) is 5.16. The van der Waals surface area contributed by atoms with Crippen LogP contribution in [0.1, 0.15) is 5.56 Å². The van der Waals surface area contributed by atoms with Crippen LogP contribution in [0.5, 0.6) is 0 Å². The Hall–Kier alpha value is -2.05. The van der Waals surface area contributed by atoms with Gasteiger partial charge in [0.25, 0.3) is 0 Å². The highest BCUT2D eigenvalue weighted by molar-refractivity contribution is 8.01. The maximum atomic E-state index is 5.80. The first-order chi connectivity index (χ1) is 10.2. The predicted molar refractivity (Wildman–Crippen MR) is 89.0 cm³/mol. The van der Waals surface area contributed by atoms with Crippen molar-refractivity contribution in [3.63, 3.8) is 0 Å². The molecule has 2 aromatic carbocycles. The molecule has 0 aliphatic rings. The van der Waals surface area contributed by atoms with Crippen LogP contribution in [-0.4, -0.2) is 15.0 Å². The first-order valence-electron chi connectivity index (χ1n) is 6.48. The molecule has 0 aliphatic heterocycles. The first kappa shape index (κ1) is 12.7. The average Bonchev–Trinajstić information content (AvgIpc) is 3.00. The van der Waals surface area contributed by atoms with Crippen LogP contribution in [0.15, 0.2) is 45.9 Å². The van der Waals surface area contributed by atoms with Crippen LogP contribution in [0.4, 0.5) is 5.69 Å². The number of nitrogens with zero attached hydrogens (tertiary/aromatic N) is 2. The molecule has 21 heavy (non-hydrogen) atoms. The summed E-state index contributed by atoms with van der Waals surface area (Å²) in [7, 11) is 0. The lowest BCUT2D eigenvalue weighted by molar-refractivity contribution is 1.08. The summed E-state index contributed by atoms with van der Waals surface area (Å²) in [5.74, 6) is 0. The molecule has 0 fully saturated rings. The third kappa shape index (κ3) is 2.36. The number of anilines is 1. The number of imidazole rings is 1. The van der Waals surface area contributed by atoms with E-state index in [4.69, 9.17) is 5.73 Å². The smallest absolute Gasteiger partial charge is 0.173 e. The second-order valence-corrected chi connectivity index (χ2v) is 7.14. The van der Waals surface area contributed by atoms with Gasteiger partial charge in [-0.15, -0.1) is 11.3 Å². The lowest BCUT2D eigenvalue weighted by Gasteiger charge is -1.89. The average molecular weight is 312 g/mol. The molecule has 0 atom stereocenters. The molecule has 0 aliphatic carbocycles. The lowest BCUT2D eigenvalue weighted by atomic mass is 10.2. The third-order valence-electron chi connectivity index (χ3n) is 3.19. The van der Waals surface area contributed by atoms with Crippen molar-refractivity contribution in [1.82, 2.24) is 15.0 Å². The standard InChI is InChI=1S/C15H12N4S2/c1-8-2-4-10-12(6-8)18-14(17-10)21-15-19-11-5-3-9(16)7-13(11)20-15/h2-7H,16H2,1H3,(H,17,18). The number of nitrogen functional groups attached to an aromatic ring is 1. The highest BCUT2D eigenvalue weighted by Crippen LogP contribution is 2.34. The summed E-state index contributed by atoms with van der Waals surface area (Å²) in [5.41, 5.74) is 10.8. The van der Waals surface area contributed by atoms with Gasteiger partial charge in [-0.1, -0.05) is 6.07 Å². The summed E-state index contributed by atoms with van der Waals surface area (Å²) < 4.78 is 2.07. The Morgan fingerprint density at radius 3 is 2.86 bits per heavy atom. The SMILES string of the molecule is Cc1ccc2nc(Sc3nc4ccc(N)cc4s3)[nH]c2c1. The van der Waals surface area contributed by atoms with Gasteiger partial charge in [-0.2, -0.15) is 0 Å². The van der Waals surface area contributed by atoms with E-state index in [1.165, 1.54) is 5.56 Å². The molecule has 0 saturated heterocycles. The molecular formula is C15H12N4S2. The zero-order chi connectivity index (χ0) is 14.4. The monoisotopic (exact) mass is 312 g/mol. The number of H-pyrrole nitrogens is 1. The van der Waals surface area contributed by atoms with E-state index in [1.807, 2.05) is 24.3 Å². The molecule has 3 N–H and O–H groups in total. The minimum absolute atomic E-state index is 0.766. The zero-order valence-corrected chi connectivity index (χ0v) is 12.9. The van der Waals surface area contributed by atoms with E-state index in [9.17, 15) is 0 Å². The molecule has 0 bridgehead atoms. The van der Waals surface area contributed by atoms with Gasteiger partial charge in [0, 0.05) is 5.69 Å². The number of aryl methyl sites for hydroxylation is 1. The first-order valence-corrected chi connectivity index (χ1v) is 8.11. The van der Waals surface area contributed by atoms with Crippen LogP contribution in [0, 0.1) is 6.92 Å². The maximum absolute atomic E-state index is 5.80. The molecule has 4 rings (SSSR count). The normalized spacial score (nSPS) is 11.5. The highest BCUT2D eigenvalue weighted by Gasteiger charge is 2.09. The van der Waals surface area contributed by atoms with Gasteiger partial charge >= 0.3 is 0 Å². The number of thiazole rings is 1. The topological polar surface area (TPSA) is 67.6 Å². The summed E-state index contributed by atoms with van der Waals surface area (Å²) in [6.45, 7) is 2.07. The van der Waals surface area contributed by atoms with Gasteiger partial charge in [-0.3, -0.25) is 0 Å². The minimum atomic E-state index is 0.766. The Bertz CT molecular complexity index is 877. The van der Waals surface area contributed by atoms with Gasteiger partial charge in [-0.05, 0) is 54.6 Å². The Morgan fingerprint density at radius 2 is 1.95 bits per heavy atom. The van der Waals surface area contributed by atoms with Crippen LogP contribution >= 0.6 is 23.1 Å². The quantitative estimate of drug-likeness (QED) is 0.544. The van der Waals surface area contributed by atoms with Gasteiger partial charge in [0.2, 0.25) is 0 Å². The van der Waals surface area contributed by atoms with Crippen LogP contribution < -0.4 is 5.73 Å². The van der Waals surface area contributed by atoms with Crippen molar-refractivity contribution in [3.05, 3.63) is 42.0 Å². The molecule has 0 spiro atoms. The number of hydrogen-bond donors (Lipinski definition) is 2. The molecule has 104 valence electrons. The number of fused-ring (bicyclic) bond motifs is 2. The van der Waals surface area contributed by atoms with Gasteiger partial charge < -0.3 is 10.7 Å². The lowest BCUT2D eigenvalue weighted by Crippen LogP contribution is -1.81. The Balaban J connectivity index is 1.71. The highest BCUT2D eigenvalue weighted by atomic mass is 32.2. The fourth-order valence-corrected chi connectivity index (χ4v) is 4.23. The van der Waals surface area contributed by atoms with Gasteiger partial charge in [0.15, 0.2) is 9.50 Å². The van der Waals surface area contributed by atoms with Gasteiger partial charge in [0.05, 0.1) is 21.3 Å². The van der Waals surface area contributed by atoms with Crippen molar-refractivity contribution >= 4 is 50.0 Å². The van der Waals surface area contributed by atoms with Crippen LogP contribution in [0.2, 0.25) is 0 Å². The zero-order valence-electron chi connectivity index (χ0n) is 11.3. The Morgan fingerprint density at radius 1 is 1.10 bits per heavy atom. The summed E-state index contributed by atoms with van der Waals surface area (Å²) in [5, 5.41) is 0.864. The van der Waals surface area contributed by atoms with Crippen molar-refractivity contribution < 1.29 is 0 Å². The van der Waals surface area contributed by atoms with Crippen LogP contribution in [-0.2, 0) is 0 Å². The fourth-order valence-electron chi connectivity index (χ4n) is 2.19. The number of nitrogens with two attached hydrogens (primary N) is 1. The summed E-state index contributed by atoms with van der Waals surface area (Å²) in [6.07, 6.45) is 0. The minimum Gasteiger partial charge on any atom is -0.399 e. The second kappa shape index (κ2) is 4.75. The number of rotatable bonds is 2. The van der Waals surface area contributed by atoms with Crippen molar-refractivity contribution in [3.8, 4) is 0 Å². The molecule has 4 nitrogen and oxygen atoms in total. The number of aromatic amines is 1. The number of benzene rings is 2. The molecule has 0 radical (unpaired) electrons. The molecule has 0 saturated carbocycles. The second-order valence-electron chi connectivity index (χ2n) is 4.87. The van der Waals surface area contributed by atoms with Gasteiger partial charge in [0.1, 0.15) is 0 Å². The van der Waals surface area contributed by atoms with Crippen molar-refractivity contribution in [2.24, 2.45) is 0 Å². The number of hydrogen-bond acceptors (Lipinski definition) is 5. The van der Waals surface area contributed by atoms with Crippen molar-refractivity contribution in [1.29, 1.82) is 0 Å². The number of aromatic nitrogens is 3. The fraction of sp³-hybridized carbons (Fsp3) is 0.0667. The van der Waals surface area contributed by atoms with E-state index in [-0.39, 0.29) is 0 Å². The number of nitrogens with one attached hydrogen (secondary N) is 1. The van der Waals surface area contributed by atoms with E-state index >= 15 is 0 Å². The Labute approximate surface area is 129 Å². The van der Waals surface area contributed by atoms with Crippen molar-refractivity contribution in [2.75, 3.05) is 5.73 Å². The van der Waals surface area contributed by atoms with Gasteiger partial charge in [-0.25, -0.2) is 9.97 Å². The van der Waals surface area contributed by atoms with E-state index < -0.39 is 0 Å². The molecule has 0 amide bonds. The Kier molecular flexibility index (Phi) is 2.87. The molecule has 0 unspecified atom stereocenters. The van der Waals surface area contributed by atoms with E-state index in [0.717, 1.165) is 36.4 Å². The maximum Gasteiger partial charge on any atom is 0.173 e. The van der Waals surface area contributed by atoms with Crippen LogP contribution in [0.3, 0.4) is 0 Å². The van der Waals surface area contributed by atoms with Crippen molar-refractivity contribution in [2.45, 2.75) is 16.4 Å². The van der Waals surface area contributed by atoms with E-state index in [0.29, 0.717) is 0 Å². The molecule has 2 aromatic heterocycles. The molecule has 4 aromatic rings. The summed E-state index contributed by atoms with van der Waals surface area (Å²) in [6, 6.07) is 12.0. The van der Waals surface area contributed by atoms with E-state index in [1.54, 1.807) is 23.1 Å². The molecular weight excluding hydrogens is 300 g/mol.